The lowest BCUT2D eigenvalue weighted by Gasteiger charge is -2.22. The Morgan fingerprint density at radius 1 is 0.652 bits per heavy atom. The predicted molar refractivity (Wildman–Crippen MR) is 84.6 cm³/mol. The third-order valence-corrected chi connectivity index (χ3v) is 4.42. The van der Waals surface area contributed by atoms with Crippen LogP contribution in [0.1, 0.15) is 11.1 Å². The van der Waals surface area contributed by atoms with Crippen LogP contribution in [0.5, 0.6) is 0 Å². The van der Waals surface area contributed by atoms with Crippen molar-refractivity contribution in [2.24, 2.45) is 0 Å². The fourth-order valence-corrected chi connectivity index (χ4v) is 3.35. The van der Waals surface area contributed by atoms with Crippen molar-refractivity contribution in [3.05, 3.63) is 83.2 Å². The Bertz CT molecular complexity index is 890. The van der Waals surface area contributed by atoms with E-state index < -0.39 is 17.5 Å². The van der Waals surface area contributed by atoms with Gasteiger partial charge in [-0.05, 0) is 58.4 Å². The van der Waals surface area contributed by atoms with Crippen LogP contribution in [-0.4, -0.2) is 0 Å². The summed E-state index contributed by atoms with van der Waals surface area (Å²) in [6, 6.07) is 16.0. The van der Waals surface area contributed by atoms with Gasteiger partial charge in [0.2, 0.25) is 0 Å². The highest BCUT2D eigenvalue weighted by Crippen LogP contribution is 2.39. The van der Waals surface area contributed by atoms with Crippen molar-refractivity contribution in [3.8, 4) is 22.3 Å². The van der Waals surface area contributed by atoms with Crippen molar-refractivity contribution < 1.29 is 13.2 Å². The van der Waals surface area contributed by atoms with Crippen molar-refractivity contribution in [1.82, 2.24) is 0 Å². The maximum Gasteiger partial charge on any atom is 0.194 e. The number of hydrogen-bond donors (Lipinski definition) is 0. The molecule has 0 aliphatic heterocycles. The SMILES string of the molecule is Fc1cc(-c2cccc3c2CCc2ccccc2-3)cc(F)c1F. The van der Waals surface area contributed by atoms with Crippen molar-refractivity contribution >= 4 is 0 Å². The van der Waals surface area contributed by atoms with Crippen molar-refractivity contribution in [3.63, 3.8) is 0 Å². The summed E-state index contributed by atoms with van der Waals surface area (Å²) in [7, 11) is 0. The molecule has 0 atom stereocenters. The summed E-state index contributed by atoms with van der Waals surface area (Å²) in [6.45, 7) is 0. The van der Waals surface area contributed by atoms with Crippen molar-refractivity contribution in [2.75, 3.05) is 0 Å². The van der Waals surface area contributed by atoms with Crippen LogP contribution >= 0.6 is 0 Å². The largest absolute Gasteiger partial charge is 0.204 e. The second-order valence-electron chi connectivity index (χ2n) is 5.74. The van der Waals surface area contributed by atoms with Crippen LogP contribution in [0, 0.1) is 17.5 Å². The Morgan fingerprint density at radius 3 is 2.09 bits per heavy atom. The zero-order valence-corrected chi connectivity index (χ0v) is 12.2. The van der Waals surface area contributed by atoms with Gasteiger partial charge < -0.3 is 0 Å². The Kier molecular flexibility index (Phi) is 3.22. The second kappa shape index (κ2) is 5.27. The van der Waals surface area contributed by atoms with Gasteiger partial charge in [0.15, 0.2) is 17.5 Å². The summed E-state index contributed by atoms with van der Waals surface area (Å²) in [5, 5.41) is 0. The van der Waals surface area contributed by atoms with E-state index in [1.807, 2.05) is 30.3 Å². The molecule has 3 heteroatoms. The zero-order chi connectivity index (χ0) is 16.0. The number of aryl methyl sites for hydroxylation is 1. The van der Waals surface area contributed by atoms with Crippen LogP contribution in [0.25, 0.3) is 22.3 Å². The van der Waals surface area contributed by atoms with E-state index in [1.165, 1.54) is 5.56 Å². The molecule has 0 bridgehead atoms. The third kappa shape index (κ3) is 2.24. The number of benzene rings is 3. The maximum atomic E-state index is 13.6. The van der Waals surface area contributed by atoms with Crippen LogP contribution in [0.2, 0.25) is 0 Å². The van der Waals surface area contributed by atoms with E-state index in [9.17, 15) is 13.2 Å². The molecule has 3 aromatic carbocycles. The smallest absolute Gasteiger partial charge is 0.194 e. The Hall–Kier alpha value is -2.55. The van der Waals surface area contributed by atoms with Crippen molar-refractivity contribution in [1.29, 1.82) is 0 Å². The normalized spacial score (nSPS) is 12.7. The van der Waals surface area contributed by atoms with Gasteiger partial charge in [0.05, 0.1) is 0 Å². The van der Waals surface area contributed by atoms with E-state index in [0.29, 0.717) is 5.56 Å². The molecule has 0 aromatic heterocycles. The van der Waals surface area contributed by atoms with Crippen molar-refractivity contribution in [2.45, 2.75) is 12.8 Å². The molecule has 1 aliphatic carbocycles. The maximum absolute atomic E-state index is 13.6. The third-order valence-electron chi connectivity index (χ3n) is 4.42. The van der Waals surface area contributed by atoms with Crippen LogP contribution in [0.3, 0.4) is 0 Å². The van der Waals surface area contributed by atoms with Crippen LogP contribution in [-0.2, 0) is 12.8 Å². The molecule has 4 rings (SSSR count). The standard InChI is InChI=1S/C20H13F3/c21-18-10-13(11-19(22)20(18)23)15-6-3-7-16-14-5-2-1-4-12(14)8-9-17(15)16/h1-7,10-11H,8-9H2. The van der Waals surface area contributed by atoms with Gasteiger partial charge in [0.1, 0.15) is 0 Å². The molecule has 0 saturated heterocycles. The minimum absolute atomic E-state index is 0.373. The zero-order valence-electron chi connectivity index (χ0n) is 12.2. The molecule has 0 N–H and O–H groups in total. The molecule has 23 heavy (non-hydrogen) atoms. The first-order valence-corrected chi connectivity index (χ1v) is 7.50. The lowest BCUT2D eigenvalue weighted by molar-refractivity contribution is 0.447. The van der Waals surface area contributed by atoms with Crippen LogP contribution < -0.4 is 0 Å². The van der Waals surface area contributed by atoms with E-state index in [4.69, 9.17) is 0 Å². The summed E-state index contributed by atoms with van der Waals surface area (Å²) in [5.41, 5.74) is 5.69. The fraction of sp³-hybridized carbons (Fsp3) is 0.100. The Balaban J connectivity index is 1.94. The number of fused-ring (bicyclic) bond motifs is 3. The first-order valence-electron chi connectivity index (χ1n) is 7.50. The van der Waals surface area contributed by atoms with E-state index in [0.717, 1.165) is 47.2 Å². The average Bonchev–Trinajstić information content (AvgIpc) is 2.58. The topological polar surface area (TPSA) is 0 Å². The monoisotopic (exact) mass is 310 g/mol. The van der Waals surface area contributed by atoms with Gasteiger partial charge in [0, 0.05) is 0 Å². The van der Waals surface area contributed by atoms with E-state index in [-0.39, 0.29) is 0 Å². The summed E-state index contributed by atoms with van der Waals surface area (Å²) in [5.74, 6) is -3.74. The van der Waals surface area contributed by atoms with E-state index in [2.05, 4.69) is 12.1 Å². The molecular formula is C20H13F3. The first-order chi connectivity index (χ1) is 11.1. The van der Waals surface area contributed by atoms with Gasteiger partial charge in [0.25, 0.3) is 0 Å². The minimum Gasteiger partial charge on any atom is -0.204 e. The van der Waals surface area contributed by atoms with Gasteiger partial charge in [-0.1, -0.05) is 42.5 Å². The lowest BCUT2D eigenvalue weighted by Crippen LogP contribution is -2.05. The molecule has 0 nitrogen and oxygen atoms in total. The molecule has 1 aliphatic rings. The molecule has 0 heterocycles. The summed E-state index contributed by atoms with van der Waals surface area (Å²) < 4.78 is 40.4. The molecule has 0 spiro atoms. The molecule has 0 fully saturated rings. The lowest BCUT2D eigenvalue weighted by atomic mass is 9.82. The Labute approximate surface area is 132 Å². The molecule has 0 unspecified atom stereocenters. The molecule has 0 amide bonds. The summed E-state index contributed by atoms with van der Waals surface area (Å²) in [6.07, 6.45) is 1.68. The highest BCUT2D eigenvalue weighted by molar-refractivity contribution is 5.81. The molecule has 114 valence electrons. The molecule has 3 aromatic rings. The average molecular weight is 310 g/mol. The quantitative estimate of drug-likeness (QED) is 0.518. The van der Waals surface area contributed by atoms with Gasteiger partial charge in [-0.15, -0.1) is 0 Å². The Morgan fingerprint density at radius 2 is 1.30 bits per heavy atom. The number of halogens is 3. The van der Waals surface area contributed by atoms with Gasteiger partial charge in [-0.2, -0.15) is 0 Å². The predicted octanol–water partition coefficient (Wildman–Crippen LogP) is 5.54. The summed E-state index contributed by atoms with van der Waals surface area (Å²) in [4.78, 5) is 0. The highest BCUT2D eigenvalue weighted by Gasteiger charge is 2.20. The fourth-order valence-electron chi connectivity index (χ4n) is 3.35. The van der Waals surface area contributed by atoms with Crippen LogP contribution in [0.4, 0.5) is 13.2 Å². The minimum atomic E-state index is -1.43. The summed E-state index contributed by atoms with van der Waals surface area (Å²) >= 11 is 0. The van der Waals surface area contributed by atoms with Gasteiger partial charge >= 0.3 is 0 Å². The molecule has 0 saturated carbocycles. The first kappa shape index (κ1) is 14.1. The van der Waals surface area contributed by atoms with E-state index in [1.54, 1.807) is 0 Å². The molecular weight excluding hydrogens is 297 g/mol. The van der Waals surface area contributed by atoms with E-state index >= 15 is 0 Å². The van der Waals surface area contributed by atoms with Crippen LogP contribution in [0.15, 0.2) is 54.6 Å². The number of hydrogen-bond acceptors (Lipinski definition) is 0. The molecule has 0 radical (unpaired) electrons. The van der Waals surface area contributed by atoms with Gasteiger partial charge in [-0.3, -0.25) is 0 Å². The second-order valence-corrected chi connectivity index (χ2v) is 5.74. The number of rotatable bonds is 1. The van der Waals surface area contributed by atoms with Gasteiger partial charge in [-0.25, -0.2) is 13.2 Å². The highest BCUT2D eigenvalue weighted by atomic mass is 19.2.